The first-order valence-corrected chi connectivity index (χ1v) is 11.5. The molecule has 0 aromatic heterocycles. The molecule has 1 fully saturated rings. The first-order valence-electron chi connectivity index (χ1n) is 11.5. The van der Waals surface area contributed by atoms with Crippen LogP contribution in [-0.2, 0) is 13.0 Å². The smallest absolute Gasteiger partial charge is 0.253 e. The molecule has 2 aliphatic heterocycles. The molecule has 1 saturated heterocycles. The van der Waals surface area contributed by atoms with Gasteiger partial charge in [0, 0.05) is 31.7 Å². The highest BCUT2D eigenvalue weighted by Crippen LogP contribution is 2.32. The van der Waals surface area contributed by atoms with Gasteiger partial charge < -0.3 is 25.0 Å². The molecule has 0 unspecified atom stereocenters. The second-order valence-electron chi connectivity index (χ2n) is 8.11. The lowest BCUT2D eigenvalue weighted by molar-refractivity contribution is 0.0724. The minimum atomic E-state index is 0. The van der Waals surface area contributed by atoms with Gasteiger partial charge >= 0.3 is 0 Å². The zero-order valence-corrected chi connectivity index (χ0v) is 21.5. The highest BCUT2D eigenvalue weighted by Gasteiger charge is 2.18. The number of amides is 1. The summed E-state index contributed by atoms with van der Waals surface area (Å²) in [7, 11) is 0. The monoisotopic (exact) mass is 564 g/mol. The predicted octanol–water partition coefficient (Wildman–Crippen LogP) is 3.96. The molecule has 0 spiro atoms. The van der Waals surface area contributed by atoms with E-state index in [0.717, 1.165) is 74.0 Å². The number of hydrogen-bond donors (Lipinski definition) is 2. The Morgan fingerprint density at radius 1 is 0.970 bits per heavy atom. The van der Waals surface area contributed by atoms with E-state index in [1.807, 2.05) is 41.3 Å². The number of aliphatic imine (C=N–C) groups is 1. The molecule has 7 nitrogen and oxygen atoms in total. The van der Waals surface area contributed by atoms with Gasteiger partial charge in [-0.2, -0.15) is 0 Å². The van der Waals surface area contributed by atoms with Crippen LogP contribution in [0, 0.1) is 0 Å². The van der Waals surface area contributed by atoms with E-state index in [9.17, 15) is 4.79 Å². The van der Waals surface area contributed by atoms with Crippen LogP contribution in [0.5, 0.6) is 11.5 Å². The van der Waals surface area contributed by atoms with E-state index in [2.05, 4.69) is 23.6 Å². The summed E-state index contributed by atoms with van der Waals surface area (Å²) >= 11 is 0. The van der Waals surface area contributed by atoms with Crippen molar-refractivity contribution in [1.82, 2.24) is 15.5 Å². The summed E-state index contributed by atoms with van der Waals surface area (Å²) in [5.74, 6) is 2.53. The molecule has 0 aliphatic carbocycles. The average Bonchev–Trinajstić information content (AvgIpc) is 3.31. The van der Waals surface area contributed by atoms with Crippen molar-refractivity contribution in [3.05, 3.63) is 59.2 Å². The van der Waals surface area contributed by atoms with Gasteiger partial charge in [0.2, 0.25) is 6.79 Å². The Bertz CT molecular complexity index is 943. The van der Waals surface area contributed by atoms with Gasteiger partial charge in [0.1, 0.15) is 0 Å². The number of carbonyl (C=O) groups is 1. The summed E-state index contributed by atoms with van der Waals surface area (Å²) < 4.78 is 10.8. The van der Waals surface area contributed by atoms with Gasteiger partial charge in [-0.25, -0.2) is 4.99 Å². The lowest BCUT2D eigenvalue weighted by Crippen LogP contribution is -2.38. The second-order valence-corrected chi connectivity index (χ2v) is 8.11. The van der Waals surface area contributed by atoms with Gasteiger partial charge in [-0.05, 0) is 68.0 Å². The predicted molar refractivity (Wildman–Crippen MR) is 141 cm³/mol. The van der Waals surface area contributed by atoms with Crippen LogP contribution in [0.1, 0.15) is 47.7 Å². The van der Waals surface area contributed by atoms with Gasteiger partial charge in [0.15, 0.2) is 17.5 Å². The molecule has 4 rings (SSSR count). The van der Waals surface area contributed by atoms with E-state index in [-0.39, 0.29) is 29.9 Å². The normalized spacial score (nSPS) is 15.1. The molecule has 0 bridgehead atoms. The van der Waals surface area contributed by atoms with Crippen molar-refractivity contribution in [3.63, 3.8) is 0 Å². The molecular formula is C25H33IN4O3. The first kappa shape index (κ1) is 25.1. The Hall–Kier alpha value is -2.49. The van der Waals surface area contributed by atoms with Crippen molar-refractivity contribution < 1.29 is 14.3 Å². The zero-order valence-electron chi connectivity index (χ0n) is 19.1. The minimum Gasteiger partial charge on any atom is -0.454 e. The van der Waals surface area contributed by atoms with E-state index in [4.69, 9.17) is 14.5 Å². The summed E-state index contributed by atoms with van der Waals surface area (Å²) in [6.45, 7) is 6.19. The fourth-order valence-corrected chi connectivity index (χ4v) is 3.97. The van der Waals surface area contributed by atoms with Crippen LogP contribution in [0.2, 0.25) is 0 Å². The molecule has 2 heterocycles. The molecule has 33 heavy (non-hydrogen) atoms. The molecule has 0 radical (unpaired) electrons. The van der Waals surface area contributed by atoms with Crippen molar-refractivity contribution in [1.29, 1.82) is 0 Å². The summed E-state index contributed by atoms with van der Waals surface area (Å²) in [5, 5.41) is 6.67. The van der Waals surface area contributed by atoms with Crippen LogP contribution in [0.4, 0.5) is 0 Å². The van der Waals surface area contributed by atoms with Crippen molar-refractivity contribution in [3.8, 4) is 11.5 Å². The van der Waals surface area contributed by atoms with Crippen LogP contribution in [-0.4, -0.2) is 49.7 Å². The van der Waals surface area contributed by atoms with Crippen LogP contribution in [0.15, 0.2) is 47.5 Å². The lowest BCUT2D eigenvalue weighted by Gasteiger charge is -2.26. The Balaban J connectivity index is 0.00000306. The quantitative estimate of drug-likeness (QED) is 0.303. The topological polar surface area (TPSA) is 75.2 Å². The molecule has 0 saturated carbocycles. The Morgan fingerprint density at radius 3 is 2.45 bits per heavy atom. The van der Waals surface area contributed by atoms with Gasteiger partial charge in [0.25, 0.3) is 5.91 Å². The molecule has 0 atom stereocenters. The summed E-state index contributed by atoms with van der Waals surface area (Å²) in [6, 6.07) is 13.9. The van der Waals surface area contributed by atoms with Crippen LogP contribution < -0.4 is 20.1 Å². The average molecular weight is 564 g/mol. The number of likely N-dealkylation sites (tertiary alicyclic amines) is 1. The Kier molecular flexibility index (Phi) is 9.65. The van der Waals surface area contributed by atoms with E-state index >= 15 is 0 Å². The maximum atomic E-state index is 12.6. The molecule has 8 heteroatoms. The first-order chi connectivity index (χ1) is 15.7. The number of benzene rings is 2. The third-order valence-corrected chi connectivity index (χ3v) is 5.75. The minimum absolute atomic E-state index is 0. The van der Waals surface area contributed by atoms with E-state index in [0.29, 0.717) is 13.3 Å². The van der Waals surface area contributed by atoms with Crippen molar-refractivity contribution in [2.45, 2.75) is 39.2 Å². The lowest BCUT2D eigenvalue weighted by atomic mass is 10.1. The molecule has 2 aliphatic rings. The van der Waals surface area contributed by atoms with Crippen LogP contribution >= 0.6 is 24.0 Å². The number of rotatable bonds is 7. The standard InChI is InChI=1S/C25H32N4O3.HI/c1-2-26-25(27-13-12-19-8-11-22-23(16-19)32-18-31-22)28-17-20-6-9-21(10-7-20)24(30)29-14-4-3-5-15-29;/h6-11,16H,2-5,12-15,17-18H2,1H3,(H2,26,27,28);1H. The van der Waals surface area contributed by atoms with E-state index in [1.54, 1.807) is 0 Å². The zero-order chi connectivity index (χ0) is 22.2. The number of nitrogens with zero attached hydrogens (tertiary/aromatic N) is 2. The molecule has 1 amide bonds. The largest absolute Gasteiger partial charge is 0.454 e. The summed E-state index contributed by atoms with van der Waals surface area (Å²) in [5.41, 5.74) is 3.02. The third kappa shape index (κ3) is 6.99. The third-order valence-electron chi connectivity index (χ3n) is 5.75. The summed E-state index contributed by atoms with van der Waals surface area (Å²) in [4.78, 5) is 19.3. The van der Waals surface area contributed by atoms with Gasteiger partial charge in [-0.15, -0.1) is 24.0 Å². The number of hydrogen-bond acceptors (Lipinski definition) is 4. The van der Waals surface area contributed by atoms with Crippen LogP contribution in [0.3, 0.4) is 0 Å². The number of fused-ring (bicyclic) bond motifs is 1. The van der Waals surface area contributed by atoms with Gasteiger partial charge in [-0.3, -0.25) is 4.79 Å². The van der Waals surface area contributed by atoms with Crippen molar-refractivity contribution in [2.75, 3.05) is 33.0 Å². The van der Waals surface area contributed by atoms with Crippen molar-refractivity contribution >= 4 is 35.8 Å². The van der Waals surface area contributed by atoms with E-state index < -0.39 is 0 Å². The number of nitrogens with one attached hydrogen (secondary N) is 2. The second kappa shape index (κ2) is 12.7. The molecule has 2 aromatic carbocycles. The van der Waals surface area contributed by atoms with Crippen LogP contribution in [0.25, 0.3) is 0 Å². The molecule has 2 N–H and O–H groups in total. The van der Waals surface area contributed by atoms with Gasteiger partial charge in [0.05, 0.1) is 6.54 Å². The van der Waals surface area contributed by atoms with E-state index in [1.165, 1.54) is 12.0 Å². The number of carbonyl (C=O) groups excluding carboxylic acids is 1. The SMILES string of the molecule is CCNC(=NCc1ccc(C(=O)N2CCCCC2)cc1)NCCc1ccc2c(c1)OCO2.I. The molecule has 178 valence electrons. The Morgan fingerprint density at radius 2 is 1.70 bits per heavy atom. The van der Waals surface area contributed by atoms with Gasteiger partial charge in [-0.1, -0.05) is 18.2 Å². The fraction of sp³-hybridized carbons (Fsp3) is 0.440. The summed E-state index contributed by atoms with van der Waals surface area (Å²) in [6.07, 6.45) is 4.29. The number of guanidine groups is 1. The highest BCUT2D eigenvalue weighted by molar-refractivity contribution is 14.0. The maximum absolute atomic E-state index is 12.6. The maximum Gasteiger partial charge on any atom is 0.253 e. The van der Waals surface area contributed by atoms with Crippen molar-refractivity contribution in [2.24, 2.45) is 4.99 Å². The highest BCUT2D eigenvalue weighted by atomic mass is 127. The fourth-order valence-electron chi connectivity index (χ4n) is 3.97. The number of halogens is 1. The number of ether oxygens (including phenoxy) is 2. The Labute approximate surface area is 213 Å². The molecule has 2 aromatic rings. The number of piperidine rings is 1. The molecular weight excluding hydrogens is 531 g/mol.